The Morgan fingerprint density at radius 3 is 2.52 bits per heavy atom. The average molecular weight is 306 g/mol. The summed E-state index contributed by atoms with van der Waals surface area (Å²) in [5, 5.41) is 0.751. The molecule has 0 aromatic heterocycles. The molecule has 1 aliphatic carbocycles. The summed E-state index contributed by atoms with van der Waals surface area (Å²) in [5.41, 5.74) is 0. The molecule has 0 bridgehead atoms. The van der Waals surface area contributed by atoms with E-state index in [2.05, 4.69) is 27.4 Å². The van der Waals surface area contributed by atoms with Crippen molar-refractivity contribution < 1.29 is 9.09 Å². The molecule has 0 amide bonds. The van der Waals surface area contributed by atoms with Crippen LogP contribution < -0.4 is 5.30 Å². The molecule has 21 heavy (non-hydrogen) atoms. The molecule has 0 radical (unpaired) electrons. The topological polar surface area (TPSA) is 26.3 Å². The highest BCUT2D eigenvalue weighted by Crippen LogP contribution is 2.51. The zero-order chi connectivity index (χ0) is 15.5. The molecule has 1 aromatic carbocycles. The second kappa shape index (κ2) is 6.94. The lowest BCUT2D eigenvalue weighted by molar-refractivity contribution is 0.0512. The standard InChI is InChI=1S/C18H27O2P/c1-5-21(19,16-9-7-6-8-10-16)20-18-13-15(4)11-12-17(18)14(2)3/h5-10,14-15,17-18H,1,11-13H2,2-4H3/t15-,17+,18-,21?/m1/s1. The minimum atomic E-state index is -2.96. The highest BCUT2D eigenvalue weighted by molar-refractivity contribution is 7.70. The lowest BCUT2D eigenvalue weighted by Crippen LogP contribution is -2.34. The summed E-state index contributed by atoms with van der Waals surface area (Å²) >= 11 is 0. The van der Waals surface area contributed by atoms with Crippen LogP contribution in [0.5, 0.6) is 0 Å². The first-order valence-corrected chi connectivity index (χ1v) is 9.63. The lowest BCUT2D eigenvalue weighted by Gasteiger charge is -2.38. The molecule has 0 saturated heterocycles. The zero-order valence-electron chi connectivity index (χ0n) is 13.4. The molecular weight excluding hydrogens is 279 g/mol. The fourth-order valence-corrected chi connectivity index (χ4v) is 4.93. The summed E-state index contributed by atoms with van der Waals surface area (Å²) in [6, 6.07) is 9.48. The van der Waals surface area contributed by atoms with Crippen molar-refractivity contribution in [3.05, 3.63) is 42.7 Å². The summed E-state index contributed by atoms with van der Waals surface area (Å²) in [5.74, 6) is 3.19. The minimum Gasteiger partial charge on any atom is -0.319 e. The quantitative estimate of drug-likeness (QED) is 0.698. The van der Waals surface area contributed by atoms with Gasteiger partial charge in [0, 0.05) is 5.30 Å². The van der Waals surface area contributed by atoms with Crippen LogP contribution >= 0.6 is 7.37 Å². The van der Waals surface area contributed by atoms with Gasteiger partial charge in [0.05, 0.1) is 6.10 Å². The van der Waals surface area contributed by atoms with Crippen molar-refractivity contribution in [2.45, 2.75) is 46.1 Å². The predicted molar refractivity (Wildman–Crippen MR) is 90.1 cm³/mol. The van der Waals surface area contributed by atoms with Gasteiger partial charge in [0.25, 0.3) is 7.37 Å². The van der Waals surface area contributed by atoms with E-state index in [4.69, 9.17) is 4.52 Å². The van der Waals surface area contributed by atoms with Crippen molar-refractivity contribution in [3.63, 3.8) is 0 Å². The first kappa shape index (κ1) is 16.5. The molecule has 1 fully saturated rings. The van der Waals surface area contributed by atoms with E-state index in [1.54, 1.807) is 0 Å². The summed E-state index contributed by atoms with van der Waals surface area (Å²) in [6.45, 7) is 10.5. The van der Waals surface area contributed by atoms with Crippen molar-refractivity contribution in [2.24, 2.45) is 17.8 Å². The van der Waals surface area contributed by atoms with E-state index in [1.807, 2.05) is 30.3 Å². The van der Waals surface area contributed by atoms with Crippen LogP contribution in [-0.2, 0) is 9.09 Å². The fraction of sp³-hybridized carbons (Fsp3) is 0.556. The van der Waals surface area contributed by atoms with Crippen LogP contribution in [-0.4, -0.2) is 6.10 Å². The fourth-order valence-electron chi connectivity index (χ4n) is 3.28. The Balaban J connectivity index is 2.23. The van der Waals surface area contributed by atoms with E-state index in [0.717, 1.165) is 18.1 Å². The van der Waals surface area contributed by atoms with Gasteiger partial charge < -0.3 is 4.52 Å². The summed E-state index contributed by atoms with van der Waals surface area (Å²) in [6.07, 6.45) is 3.47. The van der Waals surface area contributed by atoms with Gasteiger partial charge in [0.15, 0.2) is 0 Å². The molecule has 1 aromatic rings. The van der Waals surface area contributed by atoms with Gasteiger partial charge in [-0.3, -0.25) is 4.57 Å². The molecule has 116 valence electrons. The second-order valence-electron chi connectivity index (χ2n) is 6.59. The molecule has 0 aliphatic heterocycles. The average Bonchev–Trinajstić information content (AvgIpc) is 2.47. The van der Waals surface area contributed by atoms with E-state index >= 15 is 0 Å². The monoisotopic (exact) mass is 306 g/mol. The molecule has 3 heteroatoms. The van der Waals surface area contributed by atoms with Crippen LogP contribution in [0.1, 0.15) is 40.0 Å². The summed E-state index contributed by atoms with van der Waals surface area (Å²) < 4.78 is 19.4. The maximum atomic E-state index is 13.2. The van der Waals surface area contributed by atoms with Gasteiger partial charge in [-0.1, -0.05) is 52.0 Å². The molecule has 0 spiro atoms. The SMILES string of the molecule is C=CP(=O)(O[C@@H]1C[C@H](C)CC[C@H]1C(C)C)c1ccccc1. The highest BCUT2D eigenvalue weighted by Gasteiger charge is 2.36. The van der Waals surface area contributed by atoms with Crippen LogP contribution in [0.3, 0.4) is 0 Å². The van der Waals surface area contributed by atoms with Crippen LogP contribution in [0.25, 0.3) is 0 Å². The predicted octanol–water partition coefficient (Wildman–Crippen LogP) is 5.21. The van der Waals surface area contributed by atoms with Gasteiger partial charge in [-0.2, -0.15) is 0 Å². The Hall–Kier alpha value is -0.850. The van der Waals surface area contributed by atoms with Crippen molar-refractivity contribution in [3.8, 4) is 0 Å². The summed E-state index contributed by atoms with van der Waals surface area (Å²) in [4.78, 5) is 0. The molecule has 0 N–H and O–H groups in total. The van der Waals surface area contributed by atoms with Crippen LogP contribution in [0.15, 0.2) is 42.7 Å². The van der Waals surface area contributed by atoms with Crippen molar-refractivity contribution in [1.82, 2.24) is 0 Å². The Morgan fingerprint density at radius 2 is 1.95 bits per heavy atom. The molecule has 2 rings (SSSR count). The van der Waals surface area contributed by atoms with Crippen molar-refractivity contribution in [2.75, 3.05) is 0 Å². The Kier molecular flexibility index (Phi) is 5.46. The minimum absolute atomic E-state index is 0.0674. The Labute approximate surface area is 129 Å². The number of rotatable bonds is 5. The first-order chi connectivity index (χ1) is 9.96. The lowest BCUT2D eigenvalue weighted by atomic mass is 9.75. The number of hydrogen-bond donors (Lipinski definition) is 0. The molecule has 1 aliphatic rings. The first-order valence-electron chi connectivity index (χ1n) is 7.93. The van der Waals surface area contributed by atoms with Gasteiger partial charge in [-0.15, -0.1) is 0 Å². The Bertz CT molecular complexity index is 509. The summed E-state index contributed by atoms with van der Waals surface area (Å²) in [7, 11) is -2.96. The largest absolute Gasteiger partial charge is 0.319 e. The van der Waals surface area contributed by atoms with Gasteiger partial charge in [0.2, 0.25) is 0 Å². The zero-order valence-corrected chi connectivity index (χ0v) is 14.3. The van der Waals surface area contributed by atoms with Crippen LogP contribution in [0.2, 0.25) is 0 Å². The van der Waals surface area contributed by atoms with E-state index in [-0.39, 0.29) is 6.10 Å². The Morgan fingerprint density at radius 1 is 1.29 bits per heavy atom. The van der Waals surface area contributed by atoms with Gasteiger partial charge in [-0.25, -0.2) is 0 Å². The third kappa shape index (κ3) is 3.87. The normalized spacial score (nSPS) is 29.0. The van der Waals surface area contributed by atoms with E-state index in [0.29, 0.717) is 17.8 Å². The number of benzene rings is 1. The molecule has 0 heterocycles. The van der Waals surface area contributed by atoms with Gasteiger partial charge >= 0.3 is 0 Å². The smallest absolute Gasteiger partial charge is 0.253 e. The molecule has 1 unspecified atom stereocenters. The third-order valence-electron chi connectivity index (χ3n) is 4.61. The maximum absolute atomic E-state index is 13.2. The second-order valence-corrected chi connectivity index (χ2v) is 8.87. The van der Waals surface area contributed by atoms with Gasteiger partial charge in [0.1, 0.15) is 0 Å². The molecular formula is C18H27O2P. The maximum Gasteiger partial charge on any atom is 0.253 e. The highest BCUT2D eigenvalue weighted by atomic mass is 31.2. The molecule has 2 nitrogen and oxygen atoms in total. The third-order valence-corrected chi connectivity index (χ3v) is 6.69. The molecule has 4 atom stereocenters. The van der Waals surface area contributed by atoms with E-state index in [1.165, 1.54) is 12.2 Å². The van der Waals surface area contributed by atoms with Crippen LogP contribution in [0.4, 0.5) is 0 Å². The van der Waals surface area contributed by atoms with E-state index < -0.39 is 7.37 Å². The van der Waals surface area contributed by atoms with E-state index in [9.17, 15) is 4.57 Å². The van der Waals surface area contributed by atoms with Gasteiger partial charge in [-0.05, 0) is 48.5 Å². The van der Waals surface area contributed by atoms with Crippen molar-refractivity contribution >= 4 is 12.7 Å². The van der Waals surface area contributed by atoms with Crippen LogP contribution in [0, 0.1) is 17.8 Å². The number of hydrogen-bond acceptors (Lipinski definition) is 2. The van der Waals surface area contributed by atoms with Crippen molar-refractivity contribution in [1.29, 1.82) is 0 Å². The molecule has 1 saturated carbocycles.